The van der Waals surface area contributed by atoms with Gasteiger partial charge >= 0.3 is 0 Å². The van der Waals surface area contributed by atoms with E-state index in [2.05, 4.69) is 48.3 Å². The number of nitrogens with one attached hydrogen (secondary N) is 1. The minimum atomic E-state index is 0.353. The van der Waals surface area contributed by atoms with Crippen molar-refractivity contribution in [2.45, 2.75) is 25.3 Å². The molecule has 0 spiro atoms. The molecule has 2 aliphatic rings. The van der Waals surface area contributed by atoms with E-state index in [0.29, 0.717) is 12.0 Å². The van der Waals surface area contributed by atoms with Crippen molar-refractivity contribution in [3.8, 4) is 0 Å². The molecule has 0 bridgehead atoms. The van der Waals surface area contributed by atoms with E-state index < -0.39 is 0 Å². The molecule has 0 radical (unpaired) electrons. The first-order chi connectivity index (χ1) is 9.85. The topological polar surface area (TPSA) is 24.4 Å². The van der Waals surface area contributed by atoms with Gasteiger partial charge in [0.15, 0.2) is 0 Å². The highest BCUT2D eigenvalue weighted by molar-refractivity contribution is 8.21. The number of rotatable bonds is 3. The Kier molecular flexibility index (Phi) is 4.41. The summed E-state index contributed by atoms with van der Waals surface area (Å²) in [4.78, 5) is 0. The second-order valence-electron chi connectivity index (χ2n) is 5.19. The molecule has 1 aliphatic heterocycles. The number of hydrogen-bond donors (Lipinski definition) is 1. The molecule has 2 atom stereocenters. The molecule has 1 aliphatic carbocycles. The summed E-state index contributed by atoms with van der Waals surface area (Å²) in [6, 6.07) is 11.1. The summed E-state index contributed by atoms with van der Waals surface area (Å²) in [5, 5.41) is 4.70. The first-order valence-electron chi connectivity index (χ1n) is 7.04. The van der Waals surface area contributed by atoms with Gasteiger partial charge < -0.3 is 5.43 Å². The van der Waals surface area contributed by atoms with E-state index in [4.69, 9.17) is 5.10 Å². The van der Waals surface area contributed by atoms with Crippen LogP contribution >= 0.6 is 23.5 Å². The number of hydrazone groups is 1. The van der Waals surface area contributed by atoms with Crippen LogP contribution in [0.15, 0.2) is 45.2 Å². The molecule has 3 rings (SSSR count). The number of hydrogen-bond acceptors (Lipinski definition) is 4. The van der Waals surface area contributed by atoms with Gasteiger partial charge in [-0.15, -0.1) is 23.5 Å². The zero-order valence-electron chi connectivity index (χ0n) is 11.9. The summed E-state index contributed by atoms with van der Waals surface area (Å²) in [7, 11) is 0. The zero-order chi connectivity index (χ0) is 13.9. The van der Waals surface area contributed by atoms with Gasteiger partial charge in [-0.1, -0.05) is 30.3 Å². The van der Waals surface area contributed by atoms with E-state index in [1.165, 1.54) is 40.3 Å². The number of allylic oxidation sites excluding steroid dienone is 1. The highest BCUT2D eigenvalue weighted by Crippen LogP contribution is 2.42. The molecule has 2 nitrogen and oxygen atoms in total. The van der Waals surface area contributed by atoms with E-state index in [1.807, 2.05) is 23.5 Å². The lowest BCUT2D eigenvalue weighted by atomic mass is 9.79. The lowest BCUT2D eigenvalue weighted by Crippen LogP contribution is -2.25. The van der Waals surface area contributed by atoms with Gasteiger partial charge in [0.25, 0.3) is 0 Å². The zero-order valence-corrected chi connectivity index (χ0v) is 13.6. The fourth-order valence-corrected chi connectivity index (χ4v) is 4.77. The largest absolute Gasteiger partial charge is 0.302 e. The Balaban J connectivity index is 1.90. The lowest BCUT2D eigenvalue weighted by molar-refractivity contribution is 0.451. The second kappa shape index (κ2) is 6.27. The Morgan fingerprint density at radius 1 is 1.20 bits per heavy atom. The first kappa shape index (κ1) is 14.1. The molecule has 1 aromatic carbocycles. The first-order valence-corrected chi connectivity index (χ1v) is 9.49. The van der Waals surface area contributed by atoms with Gasteiger partial charge in [-0.3, -0.25) is 0 Å². The normalized spacial score (nSPS) is 24.9. The summed E-state index contributed by atoms with van der Waals surface area (Å²) in [6.45, 7) is 0. The maximum absolute atomic E-state index is 4.70. The van der Waals surface area contributed by atoms with Crippen molar-refractivity contribution in [1.29, 1.82) is 0 Å². The van der Waals surface area contributed by atoms with Crippen LogP contribution in [-0.2, 0) is 0 Å². The summed E-state index contributed by atoms with van der Waals surface area (Å²) < 4.78 is 1.43. The molecule has 20 heavy (non-hydrogen) atoms. The summed E-state index contributed by atoms with van der Waals surface area (Å²) >= 11 is 3.71. The predicted octanol–water partition coefficient (Wildman–Crippen LogP) is 4.42. The van der Waals surface area contributed by atoms with Crippen molar-refractivity contribution >= 4 is 29.2 Å². The van der Waals surface area contributed by atoms with Crippen LogP contribution in [0.4, 0.5) is 0 Å². The Bertz CT molecular complexity index is 531. The number of thioether (sulfide) groups is 2. The molecule has 1 aromatic rings. The fourth-order valence-electron chi connectivity index (χ4n) is 3.19. The van der Waals surface area contributed by atoms with Gasteiger partial charge in [-0.25, -0.2) is 0 Å². The second-order valence-corrected chi connectivity index (χ2v) is 7.08. The van der Waals surface area contributed by atoms with Crippen LogP contribution < -0.4 is 5.43 Å². The fraction of sp³-hybridized carbons (Fsp3) is 0.438. The molecule has 0 unspecified atom stereocenters. The van der Waals surface area contributed by atoms with E-state index in [0.717, 1.165) is 0 Å². The average Bonchev–Trinajstić information content (AvgIpc) is 2.94. The van der Waals surface area contributed by atoms with Crippen LogP contribution in [0.1, 0.15) is 30.9 Å². The third kappa shape index (κ3) is 2.51. The highest BCUT2D eigenvalue weighted by Gasteiger charge is 2.37. The number of benzene rings is 1. The van der Waals surface area contributed by atoms with E-state index >= 15 is 0 Å². The molecule has 0 aromatic heterocycles. The van der Waals surface area contributed by atoms with Gasteiger partial charge in [0, 0.05) is 10.2 Å². The minimum Gasteiger partial charge on any atom is -0.302 e. The van der Waals surface area contributed by atoms with Gasteiger partial charge in [0.05, 0.1) is 11.8 Å². The summed E-state index contributed by atoms with van der Waals surface area (Å²) in [5.74, 6) is 0.537. The Morgan fingerprint density at radius 2 is 1.95 bits per heavy atom. The Labute approximate surface area is 129 Å². The van der Waals surface area contributed by atoms with Crippen LogP contribution in [-0.4, -0.2) is 18.2 Å². The molecular formula is C16H20N2S2. The molecule has 1 fully saturated rings. The smallest absolute Gasteiger partial charge is 0.0773 e. The van der Waals surface area contributed by atoms with Crippen molar-refractivity contribution in [1.82, 2.24) is 5.43 Å². The van der Waals surface area contributed by atoms with Crippen molar-refractivity contribution in [2.75, 3.05) is 12.5 Å². The molecule has 0 saturated heterocycles. The van der Waals surface area contributed by atoms with Crippen LogP contribution in [0.5, 0.6) is 0 Å². The van der Waals surface area contributed by atoms with E-state index in [9.17, 15) is 0 Å². The molecule has 1 N–H and O–H groups in total. The van der Waals surface area contributed by atoms with Gasteiger partial charge in [0.2, 0.25) is 0 Å². The minimum absolute atomic E-state index is 0.353. The number of fused-ring (bicyclic) bond motifs is 1. The van der Waals surface area contributed by atoms with E-state index in [1.54, 1.807) is 0 Å². The maximum Gasteiger partial charge on any atom is 0.0773 e. The third-order valence-electron chi connectivity index (χ3n) is 4.10. The number of nitrogens with zero attached hydrogens (tertiary/aromatic N) is 1. The quantitative estimate of drug-likeness (QED) is 0.894. The van der Waals surface area contributed by atoms with Crippen LogP contribution in [0.25, 0.3) is 0 Å². The van der Waals surface area contributed by atoms with Crippen molar-refractivity contribution in [2.24, 2.45) is 11.0 Å². The highest BCUT2D eigenvalue weighted by atomic mass is 32.2. The van der Waals surface area contributed by atoms with Crippen LogP contribution in [0.2, 0.25) is 0 Å². The van der Waals surface area contributed by atoms with Crippen molar-refractivity contribution in [3.05, 3.63) is 45.7 Å². The molecule has 4 heteroatoms. The van der Waals surface area contributed by atoms with Crippen LogP contribution in [0.3, 0.4) is 0 Å². The van der Waals surface area contributed by atoms with Crippen molar-refractivity contribution < 1.29 is 0 Å². The predicted molar refractivity (Wildman–Crippen MR) is 91.2 cm³/mol. The summed E-state index contributed by atoms with van der Waals surface area (Å²) in [5.41, 5.74) is 7.53. The lowest BCUT2D eigenvalue weighted by Gasteiger charge is -2.27. The SMILES string of the molecule is CSC(SC)=C1CCC[C@@H]2C1=NN[C@H]2c1ccccc1. The molecule has 1 saturated carbocycles. The van der Waals surface area contributed by atoms with Gasteiger partial charge in [0.1, 0.15) is 0 Å². The summed E-state index contributed by atoms with van der Waals surface area (Å²) in [6.07, 6.45) is 8.02. The average molecular weight is 304 g/mol. The molecule has 0 amide bonds. The van der Waals surface area contributed by atoms with Crippen LogP contribution in [0, 0.1) is 5.92 Å². The molecular weight excluding hydrogens is 284 g/mol. The molecule has 106 valence electrons. The standard InChI is InChI=1S/C16H20N2S2/c1-19-16(20-2)13-10-6-9-12-14(17-18-15(12)13)11-7-4-3-5-8-11/h3-5,7-8,12,14,17H,6,9-10H2,1-2H3/t12-,14-/m0/s1. The third-order valence-corrected chi connectivity index (χ3v) is 6.34. The van der Waals surface area contributed by atoms with Crippen molar-refractivity contribution in [3.63, 3.8) is 0 Å². The monoisotopic (exact) mass is 304 g/mol. The van der Waals surface area contributed by atoms with Gasteiger partial charge in [-0.05, 0) is 42.9 Å². The van der Waals surface area contributed by atoms with E-state index in [-0.39, 0.29) is 0 Å². The Hall–Kier alpha value is -0.870. The maximum atomic E-state index is 4.70. The van der Waals surface area contributed by atoms with Gasteiger partial charge in [-0.2, -0.15) is 5.10 Å². The Morgan fingerprint density at radius 3 is 2.65 bits per heavy atom. The molecule has 1 heterocycles.